The molecule has 0 saturated carbocycles. The van der Waals surface area contributed by atoms with Crippen LogP contribution in [-0.4, -0.2) is 15.7 Å². The molecule has 0 saturated heterocycles. The van der Waals surface area contributed by atoms with Crippen LogP contribution in [0.5, 0.6) is 0 Å². The summed E-state index contributed by atoms with van der Waals surface area (Å²) in [5, 5.41) is 14.4. The van der Waals surface area contributed by atoms with Gasteiger partial charge >= 0.3 is 6.03 Å². The summed E-state index contributed by atoms with van der Waals surface area (Å²) in [6, 6.07) is 9.88. The number of rotatable bonds is 3. The third-order valence-corrected chi connectivity index (χ3v) is 4.26. The molecule has 124 valence electrons. The van der Waals surface area contributed by atoms with E-state index in [1.165, 1.54) is 0 Å². The van der Waals surface area contributed by atoms with Crippen LogP contribution in [0.4, 0.5) is 10.5 Å². The van der Waals surface area contributed by atoms with Gasteiger partial charge in [-0.15, -0.1) is 0 Å². The zero-order chi connectivity index (χ0) is 17.4. The quantitative estimate of drug-likeness (QED) is 0.641. The largest absolute Gasteiger partial charge is 0.389 e. The molecular formula is C17H15Cl2N3O2. The van der Waals surface area contributed by atoms with Crippen LogP contribution in [0.15, 0.2) is 42.6 Å². The molecule has 24 heavy (non-hydrogen) atoms. The molecule has 2 amide bonds. The predicted octanol–water partition coefficient (Wildman–Crippen LogP) is 4.48. The van der Waals surface area contributed by atoms with E-state index in [-0.39, 0.29) is 0 Å². The van der Waals surface area contributed by atoms with Gasteiger partial charge in [-0.3, -0.25) is 0 Å². The van der Waals surface area contributed by atoms with Crippen LogP contribution < -0.4 is 11.1 Å². The van der Waals surface area contributed by atoms with Gasteiger partial charge in [0, 0.05) is 27.9 Å². The van der Waals surface area contributed by atoms with Crippen LogP contribution in [0.25, 0.3) is 16.6 Å². The molecular weight excluding hydrogens is 349 g/mol. The molecule has 1 heterocycles. The molecule has 0 aliphatic rings. The van der Waals surface area contributed by atoms with Gasteiger partial charge in [0.05, 0.1) is 22.3 Å². The Morgan fingerprint density at radius 3 is 2.62 bits per heavy atom. The van der Waals surface area contributed by atoms with Crippen molar-refractivity contribution < 1.29 is 9.90 Å². The molecule has 5 nitrogen and oxygen atoms in total. The minimum Gasteiger partial charge on any atom is -0.389 e. The van der Waals surface area contributed by atoms with Crippen LogP contribution in [0.2, 0.25) is 10.0 Å². The number of aliphatic hydroxyl groups excluding tert-OH is 1. The Morgan fingerprint density at radius 1 is 1.25 bits per heavy atom. The number of urea groups is 1. The average Bonchev–Trinajstić information content (AvgIpc) is 2.85. The molecule has 0 spiro atoms. The summed E-state index contributed by atoms with van der Waals surface area (Å²) in [6.07, 6.45) is 1.19. The number of aromatic nitrogens is 1. The van der Waals surface area contributed by atoms with E-state index >= 15 is 0 Å². The Hall–Kier alpha value is -2.21. The number of primary amides is 1. The van der Waals surface area contributed by atoms with E-state index < -0.39 is 12.1 Å². The zero-order valence-corrected chi connectivity index (χ0v) is 14.3. The fourth-order valence-electron chi connectivity index (χ4n) is 2.68. The third kappa shape index (κ3) is 3.06. The summed E-state index contributed by atoms with van der Waals surface area (Å²) in [6.45, 7) is 1.70. The number of aliphatic hydroxyl groups is 1. The fraction of sp³-hybridized carbons (Fsp3) is 0.118. The van der Waals surface area contributed by atoms with Gasteiger partial charge in [0.25, 0.3) is 0 Å². The van der Waals surface area contributed by atoms with Gasteiger partial charge in [0.2, 0.25) is 0 Å². The van der Waals surface area contributed by atoms with E-state index in [9.17, 15) is 9.90 Å². The highest BCUT2D eigenvalue weighted by atomic mass is 35.5. The number of hydrogen-bond donors (Lipinski definition) is 3. The second kappa shape index (κ2) is 6.36. The van der Waals surface area contributed by atoms with E-state index in [0.29, 0.717) is 21.4 Å². The normalized spacial score (nSPS) is 12.3. The fourth-order valence-corrected chi connectivity index (χ4v) is 3.12. The van der Waals surface area contributed by atoms with Gasteiger partial charge in [-0.2, -0.15) is 0 Å². The van der Waals surface area contributed by atoms with Crippen molar-refractivity contribution in [2.24, 2.45) is 5.73 Å². The van der Waals surface area contributed by atoms with Crippen molar-refractivity contribution in [1.29, 1.82) is 0 Å². The molecule has 0 bridgehead atoms. The van der Waals surface area contributed by atoms with E-state index in [1.807, 2.05) is 22.9 Å². The van der Waals surface area contributed by atoms with E-state index in [2.05, 4.69) is 5.32 Å². The van der Waals surface area contributed by atoms with Crippen LogP contribution in [0.1, 0.15) is 18.6 Å². The Kier molecular flexibility index (Phi) is 4.41. The maximum Gasteiger partial charge on any atom is 0.316 e. The van der Waals surface area contributed by atoms with Gasteiger partial charge in [0.15, 0.2) is 0 Å². The van der Waals surface area contributed by atoms with Gasteiger partial charge < -0.3 is 20.7 Å². The van der Waals surface area contributed by atoms with E-state index in [4.69, 9.17) is 28.9 Å². The molecule has 1 aromatic heterocycles. The summed E-state index contributed by atoms with van der Waals surface area (Å²) < 4.78 is 1.86. The van der Waals surface area contributed by atoms with Crippen molar-refractivity contribution >= 4 is 45.8 Å². The minimum absolute atomic E-state index is 0.426. The van der Waals surface area contributed by atoms with Crippen LogP contribution in [0.3, 0.4) is 0 Å². The maximum atomic E-state index is 10.9. The van der Waals surface area contributed by atoms with Gasteiger partial charge in [-0.05, 0) is 37.3 Å². The first-order valence-electron chi connectivity index (χ1n) is 7.22. The molecule has 1 atom stereocenters. The molecule has 1 unspecified atom stereocenters. The maximum absolute atomic E-state index is 10.9. The summed E-state index contributed by atoms with van der Waals surface area (Å²) in [5.41, 5.74) is 7.92. The number of halogens is 2. The van der Waals surface area contributed by atoms with E-state index in [0.717, 1.165) is 16.5 Å². The van der Waals surface area contributed by atoms with Gasteiger partial charge in [-0.25, -0.2) is 4.79 Å². The lowest BCUT2D eigenvalue weighted by Gasteiger charge is -2.10. The Morgan fingerprint density at radius 2 is 2.00 bits per heavy atom. The van der Waals surface area contributed by atoms with Gasteiger partial charge in [0.1, 0.15) is 0 Å². The Bertz CT molecular complexity index is 935. The molecule has 2 aromatic carbocycles. The van der Waals surface area contributed by atoms with E-state index in [1.54, 1.807) is 31.2 Å². The first-order chi connectivity index (χ1) is 11.4. The molecule has 0 radical (unpaired) electrons. The first-order valence-corrected chi connectivity index (χ1v) is 7.97. The standard InChI is InChI=1S/C17H15Cl2N3O2/c1-9(23)13-8-22(16-6-10(18)2-4-12(13)16)15-5-3-11(7-14(15)19)21-17(20)24/h2-9,23H,1H3,(H3,20,21,24). The predicted molar refractivity (Wildman–Crippen MR) is 97.1 cm³/mol. The van der Waals surface area contributed by atoms with Crippen molar-refractivity contribution in [2.45, 2.75) is 13.0 Å². The van der Waals surface area contributed by atoms with Crippen molar-refractivity contribution in [1.82, 2.24) is 4.57 Å². The molecule has 0 aliphatic heterocycles. The number of fused-ring (bicyclic) bond motifs is 1. The second-order valence-corrected chi connectivity index (χ2v) is 6.29. The van der Waals surface area contributed by atoms with Crippen molar-refractivity contribution in [3.05, 3.63) is 58.2 Å². The van der Waals surface area contributed by atoms with Crippen LogP contribution >= 0.6 is 23.2 Å². The second-order valence-electron chi connectivity index (χ2n) is 5.45. The number of nitrogens with two attached hydrogens (primary N) is 1. The van der Waals surface area contributed by atoms with Gasteiger partial charge in [-0.1, -0.05) is 29.3 Å². The number of benzene rings is 2. The number of amides is 2. The highest BCUT2D eigenvalue weighted by Crippen LogP contribution is 2.34. The topological polar surface area (TPSA) is 80.3 Å². The lowest BCUT2D eigenvalue weighted by molar-refractivity contribution is 0.201. The monoisotopic (exact) mass is 363 g/mol. The van der Waals surface area contributed by atoms with Crippen LogP contribution in [-0.2, 0) is 0 Å². The van der Waals surface area contributed by atoms with Crippen molar-refractivity contribution in [3.8, 4) is 5.69 Å². The molecule has 3 aromatic rings. The summed E-state index contributed by atoms with van der Waals surface area (Å²) in [5.74, 6) is 0. The number of nitrogens with zero attached hydrogens (tertiary/aromatic N) is 1. The lowest BCUT2D eigenvalue weighted by atomic mass is 10.1. The Balaban J connectivity index is 2.19. The number of nitrogens with one attached hydrogen (secondary N) is 1. The molecule has 4 N–H and O–H groups in total. The Labute approximate surface area is 148 Å². The number of carbonyl (C=O) groups is 1. The molecule has 3 rings (SSSR count). The molecule has 0 fully saturated rings. The smallest absolute Gasteiger partial charge is 0.316 e. The highest BCUT2D eigenvalue weighted by molar-refractivity contribution is 6.33. The SMILES string of the molecule is CC(O)c1cn(-c2ccc(NC(N)=O)cc2Cl)c2cc(Cl)ccc12. The number of carbonyl (C=O) groups excluding carboxylic acids is 1. The number of hydrogen-bond acceptors (Lipinski definition) is 2. The minimum atomic E-state index is -0.659. The van der Waals surface area contributed by atoms with Crippen molar-refractivity contribution in [3.63, 3.8) is 0 Å². The molecule has 0 aliphatic carbocycles. The number of anilines is 1. The highest BCUT2D eigenvalue weighted by Gasteiger charge is 2.15. The summed E-state index contributed by atoms with van der Waals surface area (Å²) in [7, 11) is 0. The zero-order valence-electron chi connectivity index (χ0n) is 12.8. The summed E-state index contributed by atoms with van der Waals surface area (Å²) >= 11 is 12.5. The molecule has 7 heteroatoms. The third-order valence-electron chi connectivity index (χ3n) is 3.72. The van der Waals surface area contributed by atoms with Crippen LogP contribution in [0, 0.1) is 0 Å². The lowest BCUT2D eigenvalue weighted by Crippen LogP contribution is -2.19. The summed E-state index contributed by atoms with van der Waals surface area (Å²) in [4.78, 5) is 10.9. The average molecular weight is 364 g/mol. The van der Waals surface area contributed by atoms with Crippen molar-refractivity contribution in [2.75, 3.05) is 5.32 Å². The first kappa shape index (κ1) is 16.6.